The van der Waals surface area contributed by atoms with Crippen molar-refractivity contribution in [1.82, 2.24) is 10.2 Å². The number of nitrogens with one attached hydrogen (secondary N) is 1. The first-order valence-electron chi connectivity index (χ1n) is 5.55. The molecule has 2 rings (SSSR count). The highest BCUT2D eigenvalue weighted by Crippen LogP contribution is 2.54. The topological polar surface area (TPSA) is 49.4 Å². The summed E-state index contributed by atoms with van der Waals surface area (Å²) in [5.41, 5.74) is 0. The maximum atomic E-state index is 11.7. The lowest BCUT2D eigenvalue weighted by molar-refractivity contribution is -0.132. The smallest absolute Gasteiger partial charge is 0.241 e. The van der Waals surface area contributed by atoms with Gasteiger partial charge in [0, 0.05) is 20.0 Å². The van der Waals surface area contributed by atoms with Crippen LogP contribution in [-0.4, -0.2) is 37.4 Å². The maximum absolute atomic E-state index is 11.7. The van der Waals surface area contributed by atoms with Crippen molar-refractivity contribution < 1.29 is 9.59 Å². The predicted octanol–water partition coefficient (Wildman–Crippen LogP) is 0.237. The van der Waals surface area contributed by atoms with Gasteiger partial charge < -0.3 is 10.2 Å². The molecule has 1 N–H and O–H groups in total. The van der Waals surface area contributed by atoms with Crippen LogP contribution in [0, 0.1) is 17.8 Å². The Kier molecular flexibility index (Phi) is 2.67. The van der Waals surface area contributed by atoms with E-state index in [0.717, 1.165) is 24.7 Å². The van der Waals surface area contributed by atoms with Crippen LogP contribution in [0.1, 0.15) is 19.3 Å². The molecule has 84 valence electrons. The van der Waals surface area contributed by atoms with E-state index in [2.05, 4.69) is 5.32 Å². The maximum Gasteiger partial charge on any atom is 0.241 e. The molecule has 2 fully saturated rings. The molecule has 0 aromatic rings. The van der Waals surface area contributed by atoms with Crippen LogP contribution in [0.25, 0.3) is 0 Å². The van der Waals surface area contributed by atoms with E-state index in [1.807, 2.05) is 0 Å². The molecule has 2 aliphatic rings. The first kappa shape index (κ1) is 10.5. The number of carbonyl (C=O) groups is 2. The van der Waals surface area contributed by atoms with Crippen molar-refractivity contribution in [2.45, 2.75) is 19.3 Å². The first-order chi connectivity index (χ1) is 7.08. The molecule has 4 heteroatoms. The number of hydrogen-bond donors (Lipinski definition) is 1. The predicted molar refractivity (Wildman–Crippen MR) is 56.0 cm³/mol. The molecule has 4 nitrogen and oxygen atoms in total. The standard InChI is InChI=1S/C11H18N2O2/c1-13(2)10(14)6-12-11(15)9-4-7-3-8(7)5-9/h7-9H,3-6H2,1-2H3,(H,12,15). The van der Waals surface area contributed by atoms with Gasteiger partial charge in [-0.3, -0.25) is 9.59 Å². The van der Waals surface area contributed by atoms with E-state index in [0.29, 0.717) is 0 Å². The van der Waals surface area contributed by atoms with Crippen LogP contribution in [0.5, 0.6) is 0 Å². The van der Waals surface area contributed by atoms with Gasteiger partial charge in [0.25, 0.3) is 0 Å². The Balaban J connectivity index is 1.71. The number of likely N-dealkylation sites (N-methyl/N-ethyl adjacent to an activating group) is 1. The van der Waals surface area contributed by atoms with Crippen molar-refractivity contribution in [2.75, 3.05) is 20.6 Å². The highest BCUT2D eigenvalue weighted by molar-refractivity contribution is 5.85. The number of rotatable bonds is 3. The Morgan fingerprint density at radius 2 is 1.80 bits per heavy atom. The van der Waals surface area contributed by atoms with E-state index in [9.17, 15) is 9.59 Å². The summed E-state index contributed by atoms with van der Waals surface area (Å²) in [6.07, 6.45) is 3.39. The third-order valence-corrected chi connectivity index (χ3v) is 3.53. The number of hydrogen-bond acceptors (Lipinski definition) is 2. The van der Waals surface area contributed by atoms with Crippen LogP contribution >= 0.6 is 0 Å². The summed E-state index contributed by atoms with van der Waals surface area (Å²) in [6, 6.07) is 0. The van der Waals surface area contributed by atoms with Crippen molar-refractivity contribution >= 4 is 11.8 Å². The number of fused-ring (bicyclic) bond motifs is 1. The van der Waals surface area contributed by atoms with Crippen molar-refractivity contribution in [2.24, 2.45) is 17.8 Å². The molecule has 0 aliphatic heterocycles. The largest absolute Gasteiger partial charge is 0.347 e. The van der Waals surface area contributed by atoms with Crippen LogP contribution in [0.2, 0.25) is 0 Å². The van der Waals surface area contributed by atoms with Crippen LogP contribution in [0.15, 0.2) is 0 Å². The van der Waals surface area contributed by atoms with Gasteiger partial charge in [-0.1, -0.05) is 0 Å². The van der Waals surface area contributed by atoms with Crippen LogP contribution in [0.4, 0.5) is 0 Å². The van der Waals surface area contributed by atoms with Gasteiger partial charge in [-0.25, -0.2) is 0 Å². The normalized spacial score (nSPS) is 32.0. The van der Waals surface area contributed by atoms with E-state index in [1.165, 1.54) is 11.3 Å². The molecular weight excluding hydrogens is 192 g/mol. The number of carbonyl (C=O) groups excluding carboxylic acids is 2. The minimum Gasteiger partial charge on any atom is -0.347 e. The third kappa shape index (κ3) is 2.30. The third-order valence-electron chi connectivity index (χ3n) is 3.53. The molecule has 0 spiro atoms. The zero-order chi connectivity index (χ0) is 11.0. The second-order valence-corrected chi connectivity index (χ2v) is 4.93. The van der Waals surface area contributed by atoms with Crippen LogP contribution in [0.3, 0.4) is 0 Å². The fourth-order valence-electron chi connectivity index (χ4n) is 2.39. The van der Waals surface area contributed by atoms with Crippen molar-refractivity contribution in [3.63, 3.8) is 0 Å². The Morgan fingerprint density at radius 3 is 2.33 bits per heavy atom. The molecular formula is C11H18N2O2. The average Bonchev–Trinajstić information content (AvgIpc) is 2.81. The summed E-state index contributed by atoms with van der Waals surface area (Å²) < 4.78 is 0. The second-order valence-electron chi connectivity index (χ2n) is 4.93. The molecule has 0 heterocycles. The van der Waals surface area contributed by atoms with Gasteiger partial charge >= 0.3 is 0 Å². The Labute approximate surface area is 90.0 Å². The zero-order valence-corrected chi connectivity index (χ0v) is 9.32. The van der Waals surface area contributed by atoms with Gasteiger partial charge in [-0.05, 0) is 31.1 Å². The summed E-state index contributed by atoms with van der Waals surface area (Å²) in [6.45, 7) is 0.137. The molecule has 0 radical (unpaired) electrons. The fourth-order valence-corrected chi connectivity index (χ4v) is 2.39. The molecule has 0 saturated heterocycles. The first-order valence-corrected chi connectivity index (χ1v) is 5.55. The van der Waals surface area contributed by atoms with Gasteiger partial charge in [0.1, 0.15) is 0 Å². The number of nitrogens with zero attached hydrogens (tertiary/aromatic N) is 1. The van der Waals surface area contributed by atoms with Gasteiger partial charge in [0.05, 0.1) is 6.54 Å². The summed E-state index contributed by atoms with van der Waals surface area (Å²) in [4.78, 5) is 24.4. The van der Waals surface area contributed by atoms with Gasteiger partial charge in [-0.2, -0.15) is 0 Å². The Hall–Kier alpha value is -1.06. The Morgan fingerprint density at radius 1 is 1.20 bits per heavy atom. The van der Waals surface area contributed by atoms with Gasteiger partial charge in [0.15, 0.2) is 0 Å². The fraction of sp³-hybridized carbons (Fsp3) is 0.818. The summed E-state index contributed by atoms with van der Waals surface area (Å²) in [5, 5.41) is 2.72. The van der Waals surface area contributed by atoms with Crippen LogP contribution in [-0.2, 0) is 9.59 Å². The molecule has 0 bridgehead atoms. The quantitative estimate of drug-likeness (QED) is 0.725. The SMILES string of the molecule is CN(C)C(=O)CNC(=O)C1CC2CC2C1. The molecule has 15 heavy (non-hydrogen) atoms. The minimum atomic E-state index is -0.0495. The molecule has 0 aromatic heterocycles. The lowest BCUT2D eigenvalue weighted by Gasteiger charge is -2.14. The van der Waals surface area contributed by atoms with E-state index < -0.39 is 0 Å². The van der Waals surface area contributed by atoms with Crippen molar-refractivity contribution in [3.05, 3.63) is 0 Å². The number of amides is 2. The molecule has 2 aliphatic carbocycles. The minimum absolute atomic E-state index is 0.0495. The molecule has 0 aromatic carbocycles. The Bertz CT molecular complexity index is 278. The lowest BCUT2D eigenvalue weighted by atomic mass is 10.0. The van der Waals surface area contributed by atoms with Crippen LogP contribution < -0.4 is 5.32 Å². The van der Waals surface area contributed by atoms with Gasteiger partial charge in [0.2, 0.25) is 11.8 Å². The van der Waals surface area contributed by atoms with E-state index in [4.69, 9.17) is 0 Å². The molecule has 2 unspecified atom stereocenters. The second kappa shape index (κ2) is 3.83. The summed E-state index contributed by atoms with van der Waals surface area (Å²) in [7, 11) is 3.39. The molecule has 2 saturated carbocycles. The van der Waals surface area contributed by atoms with E-state index >= 15 is 0 Å². The summed E-state index contributed by atoms with van der Waals surface area (Å²) >= 11 is 0. The molecule has 2 amide bonds. The summed E-state index contributed by atoms with van der Waals surface area (Å²) in [5.74, 6) is 1.81. The average molecular weight is 210 g/mol. The van der Waals surface area contributed by atoms with E-state index in [-0.39, 0.29) is 24.3 Å². The molecule has 2 atom stereocenters. The highest BCUT2D eigenvalue weighted by atomic mass is 16.2. The zero-order valence-electron chi connectivity index (χ0n) is 9.32. The van der Waals surface area contributed by atoms with Gasteiger partial charge in [-0.15, -0.1) is 0 Å². The van der Waals surface area contributed by atoms with E-state index in [1.54, 1.807) is 14.1 Å². The monoisotopic (exact) mass is 210 g/mol. The highest BCUT2D eigenvalue weighted by Gasteiger charge is 2.47. The van der Waals surface area contributed by atoms with Crippen molar-refractivity contribution in [1.29, 1.82) is 0 Å². The van der Waals surface area contributed by atoms with Crippen molar-refractivity contribution in [3.8, 4) is 0 Å². The lowest BCUT2D eigenvalue weighted by Crippen LogP contribution is -2.38.